The van der Waals surface area contributed by atoms with Gasteiger partial charge in [-0.25, -0.2) is 0 Å². The van der Waals surface area contributed by atoms with Gasteiger partial charge in [-0.3, -0.25) is 0 Å². The molecule has 4 aliphatic rings. The molecule has 4 fully saturated rings. The van der Waals surface area contributed by atoms with E-state index in [-0.39, 0.29) is 0 Å². The van der Waals surface area contributed by atoms with Crippen molar-refractivity contribution in [2.75, 3.05) is 0 Å². The van der Waals surface area contributed by atoms with Gasteiger partial charge >= 0.3 is 0 Å². The summed E-state index contributed by atoms with van der Waals surface area (Å²) >= 11 is 0. The molecule has 4 aliphatic carbocycles. The summed E-state index contributed by atoms with van der Waals surface area (Å²) in [5.74, 6) is 2.15. The van der Waals surface area contributed by atoms with Crippen LogP contribution in [0.4, 0.5) is 0 Å². The highest BCUT2D eigenvalue weighted by atomic mass is 14.9. The van der Waals surface area contributed by atoms with Crippen LogP contribution < -0.4 is 0 Å². The van der Waals surface area contributed by atoms with Crippen LogP contribution >= 0.6 is 0 Å². The van der Waals surface area contributed by atoms with Gasteiger partial charge in [0.25, 0.3) is 0 Å². The number of rotatable bonds is 0. The van der Waals surface area contributed by atoms with Gasteiger partial charge in [0.2, 0.25) is 0 Å². The van der Waals surface area contributed by atoms with Crippen molar-refractivity contribution in [3.63, 3.8) is 0 Å². The molecule has 0 saturated heterocycles. The van der Waals surface area contributed by atoms with E-state index in [0.29, 0.717) is 5.41 Å². The average Bonchev–Trinajstić information content (AvgIpc) is 2.77. The van der Waals surface area contributed by atoms with E-state index in [9.17, 15) is 0 Å². The molecule has 0 aromatic rings. The summed E-state index contributed by atoms with van der Waals surface area (Å²) in [6.45, 7) is 10.3. The molecule has 0 aliphatic heterocycles. The van der Waals surface area contributed by atoms with Crippen LogP contribution in [0.3, 0.4) is 0 Å². The zero-order valence-electron chi connectivity index (χ0n) is 10.7. The summed E-state index contributed by atoms with van der Waals surface area (Å²) in [7, 11) is 0. The molecule has 0 aromatic heterocycles. The van der Waals surface area contributed by atoms with Gasteiger partial charge in [-0.2, -0.15) is 0 Å². The van der Waals surface area contributed by atoms with E-state index >= 15 is 0 Å². The molecular formula is C15H24. The molecule has 0 heteroatoms. The second-order valence-electron chi connectivity index (χ2n) is 7.91. The van der Waals surface area contributed by atoms with Crippen LogP contribution in [0.1, 0.15) is 59.8 Å². The zero-order chi connectivity index (χ0) is 10.7. The Morgan fingerprint density at radius 2 is 1.67 bits per heavy atom. The zero-order valence-corrected chi connectivity index (χ0v) is 10.7. The third-order valence-electron chi connectivity index (χ3n) is 7.97. The second kappa shape index (κ2) is 1.93. The quantitative estimate of drug-likeness (QED) is 0.553. The molecule has 0 aromatic carbocycles. The van der Waals surface area contributed by atoms with Gasteiger partial charge in [0.15, 0.2) is 0 Å². The predicted molar refractivity (Wildman–Crippen MR) is 62.5 cm³/mol. The lowest BCUT2D eigenvalue weighted by atomic mass is 9.77. The van der Waals surface area contributed by atoms with Crippen molar-refractivity contribution in [1.29, 1.82) is 0 Å². The van der Waals surface area contributed by atoms with Crippen LogP contribution in [0, 0.1) is 33.5 Å². The Balaban J connectivity index is 1.83. The Hall–Kier alpha value is 0. The first-order valence-electron chi connectivity index (χ1n) is 6.92. The predicted octanol–water partition coefficient (Wildman–Crippen LogP) is 4.25. The normalized spacial score (nSPS) is 68.0. The molecule has 15 heavy (non-hydrogen) atoms. The summed E-state index contributed by atoms with van der Waals surface area (Å²) in [4.78, 5) is 0. The molecule has 5 unspecified atom stereocenters. The van der Waals surface area contributed by atoms with Crippen molar-refractivity contribution in [1.82, 2.24) is 0 Å². The first-order chi connectivity index (χ1) is 6.92. The van der Waals surface area contributed by atoms with E-state index in [1.54, 1.807) is 19.3 Å². The third kappa shape index (κ3) is 0.579. The molecule has 0 heterocycles. The standard InChI is InChI=1S/C15H24/c1-12(2)10-6-9-15-8-5-7-13(15,3)14(15,4)11(10)12/h10-11H,5-9H2,1-4H3. The Labute approximate surface area is 93.8 Å². The van der Waals surface area contributed by atoms with Gasteiger partial charge in [-0.05, 0) is 59.2 Å². The smallest absolute Gasteiger partial charge is 0.0168 e. The SMILES string of the molecule is CC1(C)C2CCC34CCCC3(C)C4(C)C21. The molecule has 0 nitrogen and oxygen atoms in total. The lowest BCUT2D eigenvalue weighted by Gasteiger charge is -2.27. The van der Waals surface area contributed by atoms with Crippen LogP contribution in [0.25, 0.3) is 0 Å². The van der Waals surface area contributed by atoms with E-state index in [0.717, 1.165) is 28.1 Å². The lowest BCUT2D eigenvalue weighted by molar-refractivity contribution is 0.212. The molecule has 0 N–H and O–H groups in total. The first-order valence-corrected chi connectivity index (χ1v) is 6.92. The summed E-state index contributed by atoms with van der Waals surface area (Å²) in [6, 6.07) is 0. The molecule has 0 bridgehead atoms. The van der Waals surface area contributed by atoms with E-state index in [4.69, 9.17) is 0 Å². The largest absolute Gasteiger partial charge is 0.0593 e. The Kier molecular flexibility index (Phi) is 1.17. The van der Waals surface area contributed by atoms with Gasteiger partial charge in [0.05, 0.1) is 0 Å². The highest BCUT2D eigenvalue weighted by Gasteiger charge is 2.91. The maximum atomic E-state index is 2.65. The van der Waals surface area contributed by atoms with Gasteiger partial charge in [0, 0.05) is 0 Å². The van der Waals surface area contributed by atoms with E-state index in [1.165, 1.54) is 12.8 Å². The number of fused-ring (bicyclic) bond motifs is 3. The van der Waals surface area contributed by atoms with Gasteiger partial charge in [-0.1, -0.05) is 34.1 Å². The topological polar surface area (TPSA) is 0 Å². The van der Waals surface area contributed by atoms with Crippen molar-refractivity contribution < 1.29 is 0 Å². The summed E-state index contributed by atoms with van der Waals surface area (Å²) in [5.41, 5.74) is 2.97. The minimum absolute atomic E-state index is 0.686. The Morgan fingerprint density at radius 3 is 2.40 bits per heavy atom. The number of hydrogen-bond acceptors (Lipinski definition) is 0. The highest BCUT2D eigenvalue weighted by Crippen LogP contribution is 2.97. The number of hydrogen-bond donors (Lipinski definition) is 0. The minimum atomic E-state index is 0.686. The summed E-state index contributed by atoms with van der Waals surface area (Å²) in [5, 5.41) is 0. The second-order valence-corrected chi connectivity index (χ2v) is 7.91. The Morgan fingerprint density at radius 1 is 0.933 bits per heavy atom. The molecule has 0 amide bonds. The molecular weight excluding hydrogens is 180 g/mol. The minimum Gasteiger partial charge on any atom is -0.0593 e. The molecule has 1 spiro atoms. The van der Waals surface area contributed by atoms with Gasteiger partial charge in [-0.15, -0.1) is 0 Å². The molecule has 0 radical (unpaired) electrons. The van der Waals surface area contributed by atoms with Gasteiger partial charge < -0.3 is 0 Å². The van der Waals surface area contributed by atoms with Crippen molar-refractivity contribution in [2.24, 2.45) is 33.5 Å². The molecule has 84 valence electrons. The van der Waals surface area contributed by atoms with Crippen molar-refractivity contribution in [2.45, 2.75) is 59.8 Å². The first kappa shape index (κ1) is 9.07. The van der Waals surface area contributed by atoms with Crippen LogP contribution in [-0.2, 0) is 0 Å². The highest BCUT2D eigenvalue weighted by molar-refractivity contribution is 5.38. The van der Waals surface area contributed by atoms with E-state index in [1.807, 2.05) is 0 Å². The fourth-order valence-electron chi connectivity index (χ4n) is 7.12. The lowest BCUT2D eigenvalue weighted by Crippen LogP contribution is -2.20. The van der Waals surface area contributed by atoms with Crippen molar-refractivity contribution in [3.8, 4) is 0 Å². The molecule has 4 rings (SSSR count). The summed E-state index contributed by atoms with van der Waals surface area (Å²) < 4.78 is 0. The van der Waals surface area contributed by atoms with Crippen LogP contribution in [0.2, 0.25) is 0 Å². The fraction of sp³-hybridized carbons (Fsp3) is 1.00. The maximum Gasteiger partial charge on any atom is -0.0168 e. The van der Waals surface area contributed by atoms with Gasteiger partial charge in [0.1, 0.15) is 0 Å². The van der Waals surface area contributed by atoms with Crippen LogP contribution in [-0.4, -0.2) is 0 Å². The molecule has 5 atom stereocenters. The maximum absolute atomic E-state index is 2.65. The van der Waals surface area contributed by atoms with Crippen LogP contribution in [0.5, 0.6) is 0 Å². The van der Waals surface area contributed by atoms with E-state index in [2.05, 4.69) is 27.7 Å². The monoisotopic (exact) mass is 204 g/mol. The van der Waals surface area contributed by atoms with Crippen molar-refractivity contribution in [3.05, 3.63) is 0 Å². The Bertz CT molecular complexity index is 355. The van der Waals surface area contributed by atoms with Crippen molar-refractivity contribution >= 4 is 0 Å². The average molecular weight is 204 g/mol. The summed E-state index contributed by atoms with van der Waals surface area (Å²) in [6.07, 6.45) is 7.71. The van der Waals surface area contributed by atoms with E-state index < -0.39 is 0 Å². The van der Waals surface area contributed by atoms with Crippen LogP contribution in [0.15, 0.2) is 0 Å². The third-order valence-corrected chi connectivity index (χ3v) is 7.97. The molecule has 4 saturated carbocycles. The fourth-order valence-corrected chi connectivity index (χ4v) is 7.12.